The third-order valence-corrected chi connectivity index (χ3v) is 3.76. The Morgan fingerprint density at radius 3 is 2.80 bits per heavy atom. The highest BCUT2D eigenvalue weighted by Crippen LogP contribution is 2.29. The predicted molar refractivity (Wildman–Crippen MR) is 78.0 cm³/mol. The lowest BCUT2D eigenvalue weighted by molar-refractivity contribution is 0.0952. The van der Waals surface area contributed by atoms with Gasteiger partial charge in [0.2, 0.25) is 0 Å². The number of hydrazine groups is 1. The zero-order chi connectivity index (χ0) is 14.7. The Morgan fingerprint density at radius 1 is 1.55 bits per heavy atom. The van der Waals surface area contributed by atoms with Crippen LogP contribution >= 0.6 is 0 Å². The maximum Gasteiger partial charge on any atom is 0.268 e. The van der Waals surface area contributed by atoms with E-state index in [1.807, 2.05) is 6.07 Å². The molecule has 112 valence electrons. The van der Waals surface area contributed by atoms with Crippen LogP contribution in [0.3, 0.4) is 0 Å². The van der Waals surface area contributed by atoms with Crippen LogP contribution in [0.25, 0.3) is 0 Å². The predicted octanol–water partition coefficient (Wildman–Crippen LogP) is 2.20. The van der Waals surface area contributed by atoms with E-state index in [1.165, 1.54) is 19.3 Å². The molecular formula is C15H25N3O2. The normalized spacial score (nSPS) is 15.1. The van der Waals surface area contributed by atoms with E-state index < -0.39 is 0 Å². The fourth-order valence-corrected chi connectivity index (χ4v) is 2.38. The molecule has 1 aliphatic rings. The van der Waals surface area contributed by atoms with E-state index in [0.717, 1.165) is 18.8 Å². The molecule has 0 saturated heterocycles. The van der Waals surface area contributed by atoms with Gasteiger partial charge in [0, 0.05) is 6.04 Å². The molecule has 1 fully saturated rings. The van der Waals surface area contributed by atoms with Gasteiger partial charge in [0.1, 0.15) is 11.5 Å². The molecule has 3 N–H and O–H groups in total. The number of nitrogen functional groups attached to an aromatic ring is 1. The van der Waals surface area contributed by atoms with E-state index in [9.17, 15) is 4.79 Å². The van der Waals surface area contributed by atoms with Gasteiger partial charge < -0.3 is 4.42 Å². The standard InChI is InChI=1S/C15H25N3O2/c1-10(2)6-7-18(12-4-5-12)9-13-8-14(11(3)20-13)15(19)17-16/h8,10,12H,4-7,9,16H2,1-3H3,(H,17,19). The molecule has 0 radical (unpaired) electrons. The van der Waals surface area contributed by atoms with E-state index in [-0.39, 0.29) is 5.91 Å². The van der Waals surface area contributed by atoms with Gasteiger partial charge in [0.25, 0.3) is 5.91 Å². The Balaban J connectivity index is 2.01. The van der Waals surface area contributed by atoms with Gasteiger partial charge >= 0.3 is 0 Å². The SMILES string of the molecule is Cc1oc(CN(CCC(C)C)C2CC2)cc1C(=O)NN. The third kappa shape index (κ3) is 3.84. The molecule has 1 heterocycles. The molecule has 0 aromatic carbocycles. The number of furan rings is 1. The topological polar surface area (TPSA) is 71.5 Å². The minimum Gasteiger partial charge on any atom is -0.464 e. The molecule has 1 saturated carbocycles. The molecule has 0 atom stereocenters. The Bertz CT molecular complexity index is 464. The van der Waals surface area contributed by atoms with Crippen LogP contribution in [0.15, 0.2) is 10.5 Å². The molecule has 5 heteroatoms. The van der Waals surface area contributed by atoms with Crippen molar-refractivity contribution in [2.45, 2.75) is 52.6 Å². The van der Waals surface area contributed by atoms with Gasteiger partial charge in [-0.25, -0.2) is 5.84 Å². The quantitative estimate of drug-likeness (QED) is 0.456. The van der Waals surface area contributed by atoms with Crippen LogP contribution in [-0.4, -0.2) is 23.4 Å². The van der Waals surface area contributed by atoms with E-state index >= 15 is 0 Å². The van der Waals surface area contributed by atoms with E-state index in [4.69, 9.17) is 10.3 Å². The lowest BCUT2D eigenvalue weighted by atomic mass is 10.1. The summed E-state index contributed by atoms with van der Waals surface area (Å²) in [5, 5.41) is 0. The zero-order valence-corrected chi connectivity index (χ0v) is 12.6. The van der Waals surface area contributed by atoms with Crippen LogP contribution < -0.4 is 11.3 Å². The Labute approximate surface area is 120 Å². The lowest BCUT2D eigenvalue weighted by Crippen LogP contribution is -2.30. The first-order chi connectivity index (χ1) is 9.51. The minimum atomic E-state index is -0.294. The van der Waals surface area contributed by atoms with E-state index in [1.54, 1.807) is 6.92 Å². The monoisotopic (exact) mass is 279 g/mol. The summed E-state index contributed by atoms with van der Waals surface area (Å²) >= 11 is 0. The van der Waals surface area contributed by atoms with Crippen LogP contribution in [-0.2, 0) is 6.54 Å². The van der Waals surface area contributed by atoms with Crippen molar-refractivity contribution in [1.29, 1.82) is 0 Å². The molecule has 0 spiro atoms. The van der Waals surface area contributed by atoms with Gasteiger partial charge in [-0.2, -0.15) is 0 Å². The molecule has 1 amide bonds. The van der Waals surface area contributed by atoms with Crippen LogP contribution in [0.5, 0.6) is 0 Å². The van der Waals surface area contributed by atoms with Crippen molar-refractivity contribution >= 4 is 5.91 Å². The van der Waals surface area contributed by atoms with Crippen molar-refractivity contribution < 1.29 is 9.21 Å². The van der Waals surface area contributed by atoms with Crippen molar-refractivity contribution in [3.63, 3.8) is 0 Å². The highest BCUT2D eigenvalue weighted by Gasteiger charge is 2.29. The number of aryl methyl sites for hydroxylation is 1. The lowest BCUT2D eigenvalue weighted by Gasteiger charge is -2.21. The summed E-state index contributed by atoms with van der Waals surface area (Å²) in [7, 11) is 0. The first-order valence-corrected chi connectivity index (χ1v) is 7.35. The Morgan fingerprint density at radius 2 is 2.25 bits per heavy atom. The third-order valence-electron chi connectivity index (χ3n) is 3.76. The van der Waals surface area contributed by atoms with Crippen LogP contribution in [0.1, 0.15) is 55.0 Å². The molecule has 2 rings (SSSR count). The van der Waals surface area contributed by atoms with Gasteiger partial charge in [-0.3, -0.25) is 15.1 Å². The van der Waals surface area contributed by atoms with E-state index in [0.29, 0.717) is 23.3 Å². The number of amides is 1. The van der Waals surface area contributed by atoms with Gasteiger partial charge in [-0.1, -0.05) is 13.8 Å². The van der Waals surface area contributed by atoms with Crippen LogP contribution in [0.4, 0.5) is 0 Å². The van der Waals surface area contributed by atoms with Gasteiger partial charge in [-0.15, -0.1) is 0 Å². The number of carbonyl (C=O) groups is 1. The average Bonchev–Trinajstić information content (AvgIpc) is 3.17. The number of hydrogen-bond acceptors (Lipinski definition) is 4. The molecule has 1 aromatic rings. The number of nitrogens with one attached hydrogen (secondary N) is 1. The first-order valence-electron chi connectivity index (χ1n) is 7.35. The van der Waals surface area contributed by atoms with Crippen molar-refractivity contribution in [3.05, 3.63) is 23.2 Å². The number of nitrogens with two attached hydrogens (primary N) is 1. The van der Waals surface area contributed by atoms with Crippen LogP contribution in [0.2, 0.25) is 0 Å². The summed E-state index contributed by atoms with van der Waals surface area (Å²) < 4.78 is 5.69. The fraction of sp³-hybridized carbons (Fsp3) is 0.667. The highest BCUT2D eigenvalue weighted by molar-refractivity contribution is 5.94. The van der Waals surface area contributed by atoms with Crippen molar-refractivity contribution in [1.82, 2.24) is 10.3 Å². The first kappa shape index (κ1) is 15.1. The average molecular weight is 279 g/mol. The molecule has 20 heavy (non-hydrogen) atoms. The second-order valence-electron chi connectivity index (χ2n) is 6.04. The smallest absolute Gasteiger partial charge is 0.268 e. The number of nitrogens with zero attached hydrogens (tertiary/aromatic N) is 1. The largest absolute Gasteiger partial charge is 0.464 e. The zero-order valence-electron chi connectivity index (χ0n) is 12.6. The van der Waals surface area contributed by atoms with Gasteiger partial charge in [0.15, 0.2) is 0 Å². The summed E-state index contributed by atoms with van der Waals surface area (Å²) in [6.45, 7) is 8.14. The van der Waals surface area contributed by atoms with Crippen molar-refractivity contribution in [2.75, 3.05) is 6.54 Å². The number of carbonyl (C=O) groups excluding carboxylic acids is 1. The minimum absolute atomic E-state index is 0.294. The summed E-state index contributed by atoms with van der Waals surface area (Å²) in [5.41, 5.74) is 2.68. The van der Waals surface area contributed by atoms with Crippen LogP contribution in [0, 0.1) is 12.8 Å². The summed E-state index contributed by atoms with van der Waals surface area (Å²) in [6, 6.07) is 2.49. The van der Waals surface area contributed by atoms with Gasteiger partial charge in [-0.05, 0) is 44.7 Å². The Hall–Kier alpha value is -1.33. The molecular weight excluding hydrogens is 254 g/mol. The van der Waals surface area contributed by atoms with Gasteiger partial charge in [0.05, 0.1) is 12.1 Å². The molecule has 0 bridgehead atoms. The number of rotatable bonds is 7. The molecule has 1 aliphatic carbocycles. The molecule has 0 unspecified atom stereocenters. The summed E-state index contributed by atoms with van der Waals surface area (Å²) in [4.78, 5) is 14.0. The maximum atomic E-state index is 11.6. The highest BCUT2D eigenvalue weighted by atomic mass is 16.3. The molecule has 1 aromatic heterocycles. The Kier molecular flexibility index (Phi) is 4.83. The molecule has 0 aliphatic heterocycles. The number of hydrogen-bond donors (Lipinski definition) is 2. The van der Waals surface area contributed by atoms with Crippen molar-refractivity contribution in [2.24, 2.45) is 11.8 Å². The van der Waals surface area contributed by atoms with Crippen molar-refractivity contribution in [3.8, 4) is 0 Å². The second-order valence-corrected chi connectivity index (χ2v) is 6.04. The fourth-order valence-electron chi connectivity index (χ4n) is 2.38. The van der Waals surface area contributed by atoms with E-state index in [2.05, 4.69) is 24.2 Å². The second kappa shape index (κ2) is 6.41. The summed E-state index contributed by atoms with van der Waals surface area (Å²) in [5.74, 6) is 7.05. The molecule has 5 nitrogen and oxygen atoms in total. The summed E-state index contributed by atoms with van der Waals surface area (Å²) in [6.07, 6.45) is 3.73. The maximum absolute atomic E-state index is 11.6.